The summed E-state index contributed by atoms with van der Waals surface area (Å²) < 4.78 is 4.03. The highest BCUT2D eigenvalue weighted by atomic mass is 16.4. The van der Waals surface area contributed by atoms with Crippen molar-refractivity contribution in [2.45, 2.75) is 97.7 Å². The Bertz CT molecular complexity index is 3400. The molecule has 1 unspecified atom stereocenters. The molecule has 0 radical (unpaired) electrons. The Labute approximate surface area is 474 Å². The van der Waals surface area contributed by atoms with Gasteiger partial charge >= 0.3 is 7.12 Å². The van der Waals surface area contributed by atoms with Crippen LogP contribution in [-0.2, 0) is 13.1 Å². The SMILES string of the molecule is C=Cc1ccc(-c2ccc(CNc3nc(N[C@H](CC)CO)nc4c3ncn4C(C)C)cc2)cc1.C=Cc1ccc(B(O)O)cc1.CC[C@H](CO)Nc1nc(NCc2ccc(-c3ccc(C(O)CO)cc3)cc2)c2ncn(C(C)C)c2n1. The molecule has 0 fully saturated rings. The van der Waals surface area contributed by atoms with E-state index in [1.54, 1.807) is 43.0 Å². The average Bonchev–Trinajstić information content (AvgIpc) is 4.20. The largest absolute Gasteiger partial charge is 0.488 e. The Morgan fingerprint density at radius 2 is 0.889 bits per heavy atom. The highest BCUT2D eigenvalue weighted by molar-refractivity contribution is 6.58. The summed E-state index contributed by atoms with van der Waals surface area (Å²) in [6, 6.07) is 39.7. The number of anilines is 4. The Balaban J connectivity index is 0.000000197. The lowest BCUT2D eigenvalue weighted by atomic mass is 9.80. The topological polar surface area (TPSA) is 257 Å². The first kappa shape index (κ1) is 60.3. The zero-order valence-electron chi connectivity index (χ0n) is 46.9. The molecule has 5 aromatic carbocycles. The third kappa shape index (κ3) is 16.0. The molecule has 422 valence electrons. The Kier molecular flexibility index (Phi) is 21.8. The van der Waals surface area contributed by atoms with Gasteiger partial charge in [-0.2, -0.15) is 19.9 Å². The summed E-state index contributed by atoms with van der Waals surface area (Å²) in [7, 11) is -1.38. The number of benzene rings is 5. The van der Waals surface area contributed by atoms with Crippen LogP contribution in [0, 0.1) is 0 Å². The van der Waals surface area contributed by atoms with E-state index in [0.29, 0.717) is 53.2 Å². The molecule has 4 aromatic heterocycles. The van der Waals surface area contributed by atoms with E-state index in [9.17, 15) is 15.3 Å². The second kappa shape index (κ2) is 29.2. The van der Waals surface area contributed by atoms with Gasteiger partial charge in [-0.15, -0.1) is 0 Å². The van der Waals surface area contributed by atoms with E-state index in [2.05, 4.69) is 165 Å². The predicted molar refractivity (Wildman–Crippen MR) is 328 cm³/mol. The molecule has 0 amide bonds. The van der Waals surface area contributed by atoms with Crippen LogP contribution in [0.4, 0.5) is 23.5 Å². The number of hydrogen-bond donors (Lipinski definition) is 10. The first-order valence-electron chi connectivity index (χ1n) is 27.3. The third-order valence-corrected chi connectivity index (χ3v) is 13.6. The molecule has 0 spiro atoms. The lowest BCUT2D eigenvalue weighted by Crippen LogP contribution is -2.29. The molecular formula is C62H75BN12O6. The molecule has 0 saturated carbocycles. The van der Waals surface area contributed by atoms with E-state index in [0.717, 1.165) is 63.0 Å². The molecule has 19 heteroatoms. The van der Waals surface area contributed by atoms with Crippen LogP contribution in [0.1, 0.15) is 100 Å². The van der Waals surface area contributed by atoms with E-state index < -0.39 is 13.2 Å². The van der Waals surface area contributed by atoms with Gasteiger partial charge in [0.2, 0.25) is 11.9 Å². The summed E-state index contributed by atoms with van der Waals surface area (Å²) in [6.07, 6.45) is 7.79. The first-order valence-corrected chi connectivity index (χ1v) is 27.3. The normalized spacial score (nSPS) is 12.2. The number of aliphatic hydroxyl groups excluding tert-OH is 4. The summed E-state index contributed by atoms with van der Waals surface area (Å²) in [5.74, 6) is 2.25. The van der Waals surface area contributed by atoms with Crippen LogP contribution in [-0.4, -0.2) is 109 Å². The third-order valence-electron chi connectivity index (χ3n) is 13.6. The number of imidazole rings is 2. The minimum Gasteiger partial charge on any atom is -0.423 e. The van der Waals surface area contributed by atoms with Gasteiger partial charge in [0.1, 0.15) is 6.10 Å². The molecule has 4 heterocycles. The van der Waals surface area contributed by atoms with Crippen molar-refractivity contribution in [3.63, 3.8) is 0 Å². The highest BCUT2D eigenvalue weighted by Gasteiger charge is 2.19. The van der Waals surface area contributed by atoms with Crippen LogP contribution in [0.3, 0.4) is 0 Å². The van der Waals surface area contributed by atoms with Gasteiger partial charge < -0.3 is 60.9 Å². The highest BCUT2D eigenvalue weighted by Crippen LogP contribution is 2.28. The molecule has 0 aliphatic heterocycles. The van der Waals surface area contributed by atoms with Crippen molar-refractivity contribution in [3.8, 4) is 22.3 Å². The Hall–Kier alpha value is -8.30. The summed E-state index contributed by atoms with van der Waals surface area (Å²) in [6.45, 7) is 20.6. The number of aliphatic hydroxyl groups is 4. The molecule has 18 nitrogen and oxygen atoms in total. The van der Waals surface area contributed by atoms with E-state index in [4.69, 9.17) is 15.2 Å². The van der Waals surface area contributed by atoms with Gasteiger partial charge in [0, 0.05) is 25.2 Å². The average molecular weight is 1100 g/mol. The van der Waals surface area contributed by atoms with Gasteiger partial charge in [-0.25, -0.2) is 9.97 Å². The summed E-state index contributed by atoms with van der Waals surface area (Å²) >= 11 is 0. The molecule has 81 heavy (non-hydrogen) atoms. The maximum atomic E-state index is 9.77. The van der Waals surface area contributed by atoms with E-state index >= 15 is 0 Å². The smallest absolute Gasteiger partial charge is 0.423 e. The quantitative estimate of drug-likeness (QED) is 0.0268. The molecule has 0 bridgehead atoms. The van der Waals surface area contributed by atoms with Gasteiger partial charge in [-0.1, -0.05) is 160 Å². The number of hydrogen-bond acceptors (Lipinski definition) is 16. The van der Waals surface area contributed by atoms with Crippen LogP contribution in [0.25, 0.3) is 56.7 Å². The van der Waals surface area contributed by atoms with Crippen molar-refractivity contribution in [2.75, 3.05) is 41.1 Å². The molecule has 10 N–H and O–H groups in total. The van der Waals surface area contributed by atoms with Gasteiger partial charge in [0.25, 0.3) is 0 Å². The van der Waals surface area contributed by atoms with Gasteiger partial charge in [-0.3, -0.25) is 0 Å². The molecular weight excluding hydrogens is 1020 g/mol. The number of rotatable bonds is 23. The number of nitrogens with zero attached hydrogens (tertiary/aromatic N) is 8. The fourth-order valence-electron chi connectivity index (χ4n) is 8.50. The lowest BCUT2D eigenvalue weighted by molar-refractivity contribution is 0.0956. The molecule has 0 aliphatic carbocycles. The van der Waals surface area contributed by atoms with Crippen LogP contribution >= 0.6 is 0 Å². The van der Waals surface area contributed by atoms with Crippen molar-refractivity contribution in [2.24, 2.45) is 0 Å². The second-order valence-electron chi connectivity index (χ2n) is 20.0. The zero-order valence-corrected chi connectivity index (χ0v) is 46.9. The van der Waals surface area contributed by atoms with Crippen molar-refractivity contribution < 1.29 is 30.5 Å². The van der Waals surface area contributed by atoms with Gasteiger partial charge in [-0.05, 0) is 96.1 Å². The standard InChI is InChI=1S/C27H34N6O3.C27H32N6O.C8H9BO2/c1-4-22(14-34)30-27-31-25(24-26(32-27)33(16-29-24)17(2)3)28-13-18-5-7-19(8-6-18)20-9-11-21(12-10-20)23(36)15-35;1-5-19-7-11-21(12-8-19)22-13-9-20(10-14-22)15-28-25-24-26(33(17-29-24)18(3)4)32-27(31-25)30-23(6-2)16-34;1-2-7-3-5-8(6-4-7)9(10)11/h5-12,16-17,22-23,34-36H,4,13-15H2,1-3H3,(H2,28,30,31,32);5,7-14,17-18,23,34H,1,6,15-16H2,2-4H3,(H2,28,30,31,32);2-6,10-11H,1H2/t22-,23?;23-;/m11./s1. The van der Waals surface area contributed by atoms with E-state index in [-0.39, 0.29) is 44.0 Å². The Morgan fingerprint density at radius 1 is 0.519 bits per heavy atom. The van der Waals surface area contributed by atoms with Crippen molar-refractivity contribution in [1.82, 2.24) is 39.0 Å². The van der Waals surface area contributed by atoms with Crippen LogP contribution in [0.15, 0.2) is 147 Å². The molecule has 9 rings (SSSR count). The number of aromatic nitrogens is 8. The van der Waals surface area contributed by atoms with E-state index in [1.165, 1.54) is 11.1 Å². The van der Waals surface area contributed by atoms with Crippen molar-refractivity contribution in [1.29, 1.82) is 0 Å². The fraction of sp³-hybridized carbons (Fsp3) is 0.290. The molecule has 9 aromatic rings. The first-order chi connectivity index (χ1) is 39.2. The maximum Gasteiger partial charge on any atom is 0.488 e. The molecule has 0 saturated heterocycles. The van der Waals surface area contributed by atoms with Gasteiger partial charge in [0.05, 0.1) is 44.6 Å². The minimum atomic E-state index is -1.38. The second-order valence-corrected chi connectivity index (χ2v) is 20.0. The minimum absolute atomic E-state index is 0.00118. The summed E-state index contributed by atoms with van der Waals surface area (Å²) in [5.41, 5.74) is 12.9. The van der Waals surface area contributed by atoms with Crippen molar-refractivity contribution >= 4 is 70.6 Å². The van der Waals surface area contributed by atoms with Gasteiger partial charge in [0.15, 0.2) is 34.0 Å². The summed E-state index contributed by atoms with van der Waals surface area (Å²) in [5, 5.41) is 68.8. The van der Waals surface area contributed by atoms with Crippen LogP contribution in [0.5, 0.6) is 0 Å². The predicted octanol–water partition coefficient (Wildman–Crippen LogP) is 9.42. The monoisotopic (exact) mass is 1090 g/mol. The van der Waals surface area contributed by atoms with Crippen molar-refractivity contribution in [3.05, 3.63) is 175 Å². The van der Waals surface area contributed by atoms with E-state index in [1.807, 2.05) is 53.3 Å². The molecule has 3 atom stereocenters. The summed E-state index contributed by atoms with van der Waals surface area (Å²) in [4.78, 5) is 27.8. The number of nitrogens with one attached hydrogen (secondary N) is 4. The number of fused-ring (bicyclic) bond motifs is 2. The van der Waals surface area contributed by atoms with Crippen LogP contribution < -0.4 is 26.7 Å². The molecule has 0 aliphatic rings. The Morgan fingerprint density at radius 3 is 1.22 bits per heavy atom. The maximum absolute atomic E-state index is 9.77. The fourth-order valence-corrected chi connectivity index (χ4v) is 8.50. The lowest BCUT2D eigenvalue weighted by Gasteiger charge is -2.16. The van der Waals surface area contributed by atoms with Crippen LogP contribution in [0.2, 0.25) is 0 Å². The zero-order chi connectivity index (χ0) is 58.0.